The second-order valence-corrected chi connectivity index (χ2v) is 10.7. The predicted octanol–water partition coefficient (Wildman–Crippen LogP) is 0.958. The molecule has 11 nitrogen and oxygen atoms in total. The van der Waals surface area contributed by atoms with Crippen molar-refractivity contribution >= 4 is 27.8 Å². The van der Waals surface area contributed by atoms with Gasteiger partial charge >= 0.3 is 6.09 Å². The first-order chi connectivity index (χ1) is 17.2. The summed E-state index contributed by atoms with van der Waals surface area (Å²) < 4.78 is 33.0. The Morgan fingerprint density at radius 1 is 1.22 bits per heavy atom. The third kappa shape index (κ3) is 5.19. The standard InChI is InChI=1S/C24H28N4O7S/c1-2-7-19(25-24(31)35-16-17-8-4-3-5-9-17)23(30)27-13-11-20-22(27)21(29)15-28(20)36(33,34)18-10-6-12-26(32)14-18/h3-6,8-10,12,14,19-20,22H,2,7,11,13,15-16H2,1H3,(H,25,31). The van der Waals surface area contributed by atoms with E-state index in [1.54, 1.807) is 0 Å². The maximum atomic E-state index is 13.4. The first-order valence-corrected chi connectivity index (χ1v) is 13.2. The summed E-state index contributed by atoms with van der Waals surface area (Å²) in [6, 6.07) is 9.12. The summed E-state index contributed by atoms with van der Waals surface area (Å²) in [5, 5.41) is 14.2. The third-order valence-corrected chi connectivity index (χ3v) is 8.25. The number of hydrogen-bond acceptors (Lipinski definition) is 7. The molecule has 192 valence electrons. The minimum Gasteiger partial charge on any atom is -0.619 e. The lowest BCUT2D eigenvalue weighted by atomic mass is 10.1. The Labute approximate surface area is 209 Å². The normalized spacial score (nSPS) is 20.7. The van der Waals surface area contributed by atoms with Gasteiger partial charge in [-0.2, -0.15) is 9.04 Å². The molecule has 2 aliphatic rings. The van der Waals surface area contributed by atoms with Crippen molar-refractivity contribution in [2.75, 3.05) is 13.1 Å². The van der Waals surface area contributed by atoms with Crippen molar-refractivity contribution in [1.29, 1.82) is 0 Å². The number of aromatic nitrogens is 1. The van der Waals surface area contributed by atoms with Crippen LogP contribution in [0.3, 0.4) is 0 Å². The lowest BCUT2D eigenvalue weighted by Gasteiger charge is -2.28. The van der Waals surface area contributed by atoms with E-state index in [0.29, 0.717) is 17.6 Å². The lowest BCUT2D eigenvalue weighted by molar-refractivity contribution is -0.607. The van der Waals surface area contributed by atoms with Gasteiger partial charge in [0.05, 0.1) is 12.6 Å². The molecule has 3 atom stereocenters. The number of rotatable bonds is 8. The number of benzene rings is 1. The number of nitrogens with one attached hydrogen (secondary N) is 1. The van der Waals surface area contributed by atoms with E-state index in [4.69, 9.17) is 4.74 Å². The molecule has 1 aromatic carbocycles. The van der Waals surface area contributed by atoms with Crippen LogP contribution < -0.4 is 10.0 Å². The highest BCUT2D eigenvalue weighted by Gasteiger charge is 2.54. The van der Waals surface area contributed by atoms with Crippen LogP contribution in [0, 0.1) is 5.21 Å². The molecule has 1 aromatic heterocycles. The molecule has 0 saturated carbocycles. The van der Waals surface area contributed by atoms with Gasteiger partial charge in [-0.1, -0.05) is 43.7 Å². The number of hydrogen-bond donors (Lipinski definition) is 1. The summed E-state index contributed by atoms with van der Waals surface area (Å²) in [6.07, 6.45) is 2.54. The molecular formula is C24H28N4O7S. The summed E-state index contributed by atoms with van der Waals surface area (Å²) in [7, 11) is -4.12. The van der Waals surface area contributed by atoms with Gasteiger partial charge in [-0.3, -0.25) is 9.59 Å². The van der Waals surface area contributed by atoms with Gasteiger partial charge in [-0.25, -0.2) is 13.2 Å². The first kappa shape index (κ1) is 25.6. The van der Waals surface area contributed by atoms with Gasteiger partial charge in [0.2, 0.25) is 15.9 Å². The number of Topliss-reactive ketones (excluding diaryl/α,β-unsaturated/α-hetero) is 1. The smallest absolute Gasteiger partial charge is 0.408 e. The van der Waals surface area contributed by atoms with Crippen molar-refractivity contribution in [2.24, 2.45) is 0 Å². The van der Waals surface area contributed by atoms with Crippen LogP contribution in [0.1, 0.15) is 31.7 Å². The van der Waals surface area contributed by atoms with E-state index in [2.05, 4.69) is 5.32 Å². The molecular weight excluding hydrogens is 488 g/mol. The van der Waals surface area contributed by atoms with E-state index in [9.17, 15) is 28.0 Å². The molecule has 3 unspecified atom stereocenters. The van der Waals surface area contributed by atoms with Crippen LogP contribution in [0.15, 0.2) is 59.8 Å². The second kappa shape index (κ2) is 10.6. The Morgan fingerprint density at radius 3 is 2.67 bits per heavy atom. The fourth-order valence-corrected chi connectivity index (χ4v) is 6.35. The zero-order valence-electron chi connectivity index (χ0n) is 19.8. The zero-order chi connectivity index (χ0) is 25.9. The molecule has 1 N–H and O–H groups in total. The van der Waals surface area contributed by atoms with Crippen molar-refractivity contribution < 1.29 is 32.3 Å². The number of ether oxygens (including phenoxy) is 1. The second-order valence-electron chi connectivity index (χ2n) is 8.80. The number of likely N-dealkylation sites (tertiary alicyclic amines) is 1. The van der Waals surface area contributed by atoms with E-state index >= 15 is 0 Å². The number of ketones is 1. The number of pyridine rings is 1. The molecule has 3 heterocycles. The highest BCUT2D eigenvalue weighted by Crippen LogP contribution is 2.34. The van der Waals surface area contributed by atoms with Gasteiger partial charge in [0, 0.05) is 12.6 Å². The maximum Gasteiger partial charge on any atom is 0.408 e. The molecule has 4 rings (SSSR count). The Bertz CT molecular complexity index is 1240. The van der Waals surface area contributed by atoms with Crippen LogP contribution in [0.5, 0.6) is 0 Å². The lowest BCUT2D eigenvalue weighted by Crippen LogP contribution is -2.52. The zero-order valence-corrected chi connectivity index (χ0v) is 20.6. The fourth-order valence-electron chi connectivity index (χ4n) is 4.72. The van der Waals surface area contributed by atoms with Gasteiger partial charge in [-0.05, 0) is 24.5 Å². The molecule has 12 heteroatoms. The van der Waals surface area contributed by atoms with E-state index < -0.39 is 45.9 Å². The minimum atomic E-state index is -4.12. The monoisotopic (exact) mass is 516 g/mol. The molecule has 2 fully saturated rings. The molecule has 2 saturated heterocycles. The van der Waals surface area contributed by atoms with E-state index in [-0.39, 0.29) is 31.0 Å². The van der Waals surface area contributed by atoms with Crippen molar-refractivity contribution in [3.8, 4) is 0 Å². The number of alkyl carbamates (subject to hydrolysis) is 1. The highest BCUT2D eigenvalue weighted by atomic mass is 32.2. The first-order valence-electron chi connectivity index (χ1n) is 11.7. The number of nitrogens with zero attached hydrogens (tertiary/aromatic N) is 3. The molecule has 2 amide bonds. The van der Waals surface area contributed by atoms with E-state index in [1.807, 2.05) is 37.3 Å². The van der Waals surface area contributed by atoms with Gasteiger partial charge in [0.15, 0.2) is 18.2 Å². The van der Waals surface area contributed by atoms with Crippen LogP contribution >= 0.6 is 0 Å². The molecule has 0 radical (unpaired) electrons. The molecule has 0 bridgehead atoms. The molecule has 2 aromatic rings. The Kier molecular flexibility index (Phi) is 7.55. The number of amides is 2. The van der Waals surface area contributed by atoms with Crippen molar-refractivity contribution in [2.45, 2.75) is 55.8 Å². The summed E-state index contributed by atoms with van der Waals surface area (Å²) in [5.41, 5.74) is 0.798. The molecule has 0 spiro atoms. The van der Waals surface area contributed by atoms with Gasteiger partial charge < -0.3 is 20.2 Å². The molecule has 2 aliphatic heterocycles. The largest absolute Gasteiger partial charge is 0.619 e. The van der Waals surface area contributed by atoms with Crippen LogP contribution in [0.2, 0.25) is 0 Å². The van der Waals surface area contributed by atoms with Crippen LogP contribution in [-0.2, 0) is 31.0 Å². The van der Waals surface area contributed by atoms with Crippen molar-refractivity contribution in [3.63, 3.8) is 0 Å². The van der Waals surface area contributed by atoms with Crippen molar-refractivity contribution in [1.82, 2.24) is 14.5 Å². The summed E-state index contributed by atoms with van der Waals surface area (Å²) in [5.74, 6) is -0.854. The number of fused-ring (bicyclic) bond motifs is 1. The van der Waals surface area contributed by atoms with Gasteiger partial charge in [0.25, 0.3) is 0 Å². The Balaban J connectivity index is 1.45. The number of carbonyl (C=O) groups excluding carboxylic acids is 3. The maximum absolute atomic E-state index is 13.4. The molecule has 36 heavy (non-hydrogen) atoms. The minimum absolute atomic E-state index is 0.0439. The third-order valence-electron chi connectivity index (χ3n) is 6.40. The SMILES string of the molecule is CCCC(NC(=O)OCc1ccccc1)C(=O)N1CCC2C1C(=O)CN2S(=O)(=O)c1ccc[n+]([O-])c1. The summed E-state index contributed by atoms with van der Waals surface area (Å²) in [6.45, 7) is 1.69. The van der Waals surface area contributed by atoms with Gasteiger partial charge in [0.1, 0.15) is 23.6 Å². The van der Waals surface area contributed by atoms with Gasteiger partial charge in [-0.15, -0.1) is 0 Å². The number of sulfonamides is 1. The van der Waals surface area contributed by atoms with E-state index in [0.717, 1.165) is 16.1 Å². The number of carbonyl (C=O) groups is 3. The van der Waals surface area contributed by atoms with Crippen LogP contribution in [0.4, 0.5) is 4.79 Å². The van der Waals surface area contributed by atoms with Crippen molar-refractivity contribution in [3.05, 3.63) is 65.6 Å². The van der Waals surface area contributed by atoms with Crippen LogP contribution in [0.25, 0.3) is 0 Å². The average molecular weight is 517 g/mol. The summed E-state index contributed by atoms with van der Waals surface area (Å²) in [4.78, 5) is 39.8. The fraction of sp³-hybridized carbons (Fsp3) is 0.417. The van der Waals surface area contributed by atoms with E-state index in [1.165, 1.54) is 23.2 Å². The quantitative estimate of drug-likeness (QED) is 0.407. The predicted molar refractivity (Wildman–Crippen MR) is 127 cm³/mol. The Morgan fingerprint density at radius 2 is 1.97 bits per heavy atom. The van der Waals surface area contributed by atoms with Crippen LogP contribution in [-0.4, -0.2) is 66.6 Å². The Hall–Kier alpha value is -3.51. The topological polar surface area (TPSA) is 140 Å². The molecule has 0 aliphatic carbocycles. The highest BCUT2D eigenvalue weighted by molar-refractivity contribution is 7.89. The average Bonchev–Trinajstić information content (AvgIpc) is 3.44. The summed E-state index contributed by atoms with van der Waals surface area (Å²) >= 11 is 0.